The minimum Gasteiger partial charge on any atom is -0.511 e. The molecule has 0 saturated carbocycles. The van der Waals surface area contributed by atoms with E-state index in [-0.39, 0.29) is 34.9 Å². The van der Waals surface area contributed by atoms with Gasteiger partial charge >= 0.3 is 0 Å². The lowest BCUT2D eigenvalue weighted by molar-refractivity contribution is -0.117. The molecule has 4 aromatic rings. The van der Waals surface area contributed by atoms with Crippen molar-refractivity contribution in [3.05, 3.63) is 91.8 Å². The van der Waals surface area contributed by atoms with Crippen LogP contribution in [0.2, 0.25) is 0 Å². The molecule has 0 radical (unpaired) electrons. The fourth-order valence-corrected chi connectivity index (χ4v) is 8.51. The lowest BCUT2D eigenvalue weighted by atomic mass is 9.76. The van der Waals surface area contributed by atoms with Crippen LogP contribution in [0.1, 0.15) is 135 Å². The average molecular weight is 767 g/mol. The van der Waals surface area contributed by atoms with Crippen LogP contribution in [0.15, 0.2) is 66.5 Å². The molecule has 0 aliphatic heterocycles. The monoisotopic (exact) mass is 766 g/mol. The number of carbonyl (C=O) groups is 2. The highest BCUT2D eigenvalue weighted by molar-refractivity contribution is 6.24. The fourth-order valence-electron chi connectivity index (χ4n) is 8.51. The summed E-state index contributed by atoms with van der Waals surface area (Å²) in [5, 5.41) is 31.9. The zero-order valence-corrected chi connectivity index (χ0v) is 34.8. The first-order valence-corrected chi connectivity index (χ1v) is 20.0. The normalized spacial score (nSPS) is 18.2. The zero-order valence-electron chi connectivity index (χ0n) is 34.8. The molecule has 56 heavy (non-hydrogen) atoms. The molecular formula is C46H58N2O8. The second-order valence-corrected chi connectivity index (χ2v) is 15.0. The maximum Gasteiger partial charge on any atom is 0.168 e. The molecule has 2 aromatic carbocycles. The minimum atomic E-state index is -0.112. The number of benzene rings is 2. The number of ketones is 2. The second kappa shape index (κ2) is 18.2. The lowest BCUT2D eigenvalue weighted by Crippen LogP contribution is -2.25. The highest BCUT2D eigenvalue weighted by atomic mass is 16.6. The Morgan fingerprint density at radius 3 is 1.52 bits per heavy atom. The van der Waals surface area contributed by atoms with Crippen molar-refractivity contribution in [1.29, 1.82) is 0 Å². The smallest absolute Gasteiger partial charge is 0.168 e. The van der Waals surface area contributed by atoms with Crippen molar-refractivity contribution in [2.75, 3.05) is 13.2 Å². The minimum absolute atomic E-state index is 0.0516. The van der Waals surface area contributed by atoms with Crippen LogP contribution in [-0.2, 0) is 19.3 Å². The van der Waals surface area contributed by atoms with E-state index >= 15 is 0 Å². The molecule has 2 aliphatic rings. The van der Waals surface area contributed by atoms with Crippen molar-refractivity contribution in [2.24, 2.45) is 10.3 Å². The van der Waals surface area contributed by atoms with E-state index in [1.54, 1.807) is 12.5 Å². The third kappa shape index (κ3) is 8.20. The molecule has 300 valence electrons. The molecule has 0 spiro atoms. The zero-order chi connectivity index (χ0) is 40.8. The van der Waals surface area contributed by atoms with Gasteiger partial charge in [-0.15, -0.1) is 0 Å². The van der Waals surface area contributed by atoms with Crippen molar-refractivity contribution in [3.8, 4) is 0 Å². The van der Waals surface area contributed by atoms with Crippen LogP contribution in [0.5, 0.6) is 0 Å². The van der Waals surface area contributed by atoms with Crippen LogP contribution >= 0.6 is 0 Å². The van der Waals surface area contributed by atoms with E-state index in [0.717, 1.165) is 68.2 Å². The average Bonchev–Trinajstić information content (AvgIpc) is 3.86. The van der Waals surface area contributed by atoms with E-state index in [1.165, 1.54) is 11.1 Å². The van der Waals surface area contributed by atoms with Crippen molar-refractivity contribution >= 4 is 44.9 Å². The van der Waals surface area contributed by atoms with Gasteiger partial charge in [-0.1, -0.05) is 37.0 Å². The molecule has 10 nitrogen and oxygen atoms in total. The van der Waals surface area contributed by atoms with Crippen LogP contribution in [0.3, 0.4) is 0 Å². The predicted molar refractivity (Wildman–Crippen MR) is 222 cm³/mol. The molecule has 2 atom stereocenters. The van der Waals surface area contributed by atoms with Crippen molar-refractivity contribution in [3.63, 3.8) is 0 Å². The van der Waals surface area contributed by atoms with Gasteiger partial charge in [0.15, 0.2) is 11.6 Å². The lowest BCUT2D eigenvalue weighted by Gasteiger charge is -2.27. The molecule has 6 rings (SSSR count). The number of hydrogen-bond acceptors (Lipinski definition) is 10. The Balaban J connectivity index is 0.000000214. The Labute approximate surface area is 330 Å². The van der Waals surface area contributed by atoms with Gasteiger partial charge in [0.1, 0.15) is 35.9 Å². The summed E-state index contributed by atoms with van der Waals surface area (Å²) >= 11 is 0. The van der Waals surface area contributed by atoms with Crippen LogP contribution in [0, 0.1) is 41.5 Å². The number of oxime groups is 2. The first-order chi connectivity index (χ1) is 26.8. The van der Waals surface area contributed by atoms with Crippen molar-refractivity contribution in [1.82, 2.24) is 0 Å². The number of furan rings is 2. The third-order valence-corrected chi connectivity index (χ3v) is 11.5. The van der Waals surface area contributed by atoms with E-state index in [1.807, 2.05) is 46.8 Å². The largest absolute Gasteiger partial charge is 0.511 e. The van der Waals surface area contributed by atoms with Crippen LogP contribution in [0.25, 0.3) is 21.9 Å². The third-order valence-electron chi connectivity index (χ3n) is 11.5. The summed E-state index contributed by atoms with van der Waals surface area (Å²) in [7, 11) is 0. The van der Waals surface area contributed by atoms with E-state index in [2.05, 4.69) is 44.9 Å². The summed E-state index contributed by atoms with van der Waals surface area (Å²) < 4.78 is 11.5. The van der Waals surface area contributed by atoms with Gasteiger partial charge in [0.05, 0.1) is 35.1 Å². The number of rotatable bonds is 12. The van der Waals surface area contributed by atoms with Gasteiger partial charge in [0, 0.05) is 47.9 Å². The Morgan fingerprint density at radius 2 is 1.05 bits per heavy atom. The maximum atomic E-state index is 13.0. The number of aliphatic hydroxyl groups excluding tert-OH is 2. The summed E-state index contributed by atoms with van der Waals surface area (Å²) in [6, 6.07) is 3.95. The maximum absolute atomic E-state index is 13.0. The topological polar surface area (TPSA) is 144 Å². The number of aryl methyl sites for hydroxylation is 3. The molecule has 0 bridgehead atoms. The predicted octanol–water partition coefficient (Wildman–Crippen LogP) is 11.6. The molecule has 10 heteroatoms. The summed E-state index contributed by atoms with van der Waals surface area (Å²) in [5.74, 6) is -0.0897. The highest BCUT2D eigenvalue weighted by Crippen LogP contribution is 2.43. The number of allylic oxidation sites excluding steroid dienone is 4. The molecule has 2 unspecified atom stereocenters. The number of fused-ring (bicyclic) bond motifs is 2. The first-order valence-electron chi connectivity index (χ1n) is 20.0. The van der Waals surface area contributed by atoms with Crippen LogP contribution in [-0.4, -0.2) is 46.4 Å². The van der Waals surface area contributed by atoms with Gasteiger partial charge in [-0.2, -0.15) is 0 Å². The number of nitrogens with zero attached hydrogens (tertiary/aromatic N) is 2. The van der Waals surface area contributed by atoms with Gasteiger partial charge < -0.3 is 28.7 Å². The summed E-state index contributed by atoms with van der Waals surface area (Å²) in [6.07, 6.45) is 7.77. The molecule has 0 fully saturated rings. The number of hydrogen-bond donors (Lipinski definition) is 2. The van der Waals surface area contributed by atoms with E-state index in [4.69, 9.17) is 18.5 Å². The van der Waals surface area contributed by atoms with Gasteiger partial charge in [-0.05, 0) is 125 Å². The van der Waals surface area contributed by atoms with E-state index in [9.17, 15) is 19.8 Å². The van der Waals surface area contributed by atoms with Gasteiger partial charge in [0.2, 0.25) is 0 Å². The Bertz CT molecular complexity index is 2240. The van der Waals surface area contributed by atoms with Crippen LogP contribution < -0.4 is 0 Å². The van der Waals surface area contributed by atoms with E-state index in [0.29, 0.717) is 74.3 Å². The first kappa shape index (κ1) is 42.0. The van der Waals surface area contributed by atoms with E-state index < -0.39 is 0 Å². The summed E-state index contributed by atoms with van der Waals surface area (Å²) in [6.45, 7) is 21.0. The Hall–Kier alpha value is -5.12. The van der Waals surface area contributed by atoms with Crippen molar-refractivity contribution in [2.45, 2.75) is 132 Å². The van der Waals surface area contributed by atoms with Crippen LogP contribution in [0.4, 0.5) is 0 Å². The molecule has 0 saturated heterocycles. The SMILES string of the molecule is CCCC(=NOCC)C1=C(O)CC(c2c(C)c(C)c(C)c3ccoc23)CC1=O.CCCC(=NOCC)C1=C(O)CC(c2c(C)c(C)c3occc3c2C)CC1=O. The Morgan fingerprint density at radius 1 is 0.607 bits per heavy atom. The van der Waals surface area contributed by atoms with Crippen molar-refractivity contribution < 1.29 is 38.3 Å². The second-order valence-electron chi connectivity index (χ2n) is 15.0. The number of aliphatic hydroxyl groups is 2. The molecular weight excluding hydrogens is 709 g/mol. The highest BCUT2D eigenvalue weighted by Gasteiger charge is 2.35. The van der Waals surface area contributed by atoms with Gasteiger partial charge in [-0.3, -0.25) is 9.59 Å². The van der Waals surface area contributed by atoms with Gasteiger partial charge in [-0.25, -0.2) is 0 Å². The standard InChI is InChI=1S/2C23H29NO4/c1-6-8-18(24-28-7-2)22-19(25)11-16(12-20(22)26)21-13(3)14(4)23-17(15(21)5)9-10-27-23;1-6-8-18(24-28-7-2)22-19(25)11-16(12-20(22)26)21-15(5)13(3)14(4)17-9-10-27-23(17)21/h2*9-10,16,25H,6-8,11-12H2,1-5H3. The molecule has 2 aliphatic carbocycles. The molecule has 2 N–H and O–H groups in total. The number of carbonyl (C=O) groups excluding carboxylic acids is 2. The summed E-state index contributed by atoms with van der Waals surface area (Å²) in [5.41, 5.74) is 12.6. The fraction of sp³-hybridized carbons (Fsp3) is 0.478. The quantitative estimate of drug-likeness (QED) is 0.107. The molecule has 0 amide bonds. The summed E-state index contributed by atoms with van der Waals surface area (Å²) in [4.78, 5) is 36.4. The Kier molecular flexibility index (Phi) is 13.7. The van der Waals surface area contributed by atoms with Gasteiger partial charge in [0.25, 0.3) is 0 Å². The molecule has 2 aromatic heterocycles. The molecule has 2 heterocycles. The number of Topliss-reactive ketones (excluding diaryl/α,β-unsaturated/α-hetero) is 2.